The number of nitrogens with two attached hydrogens (primary N) is 1. The van der Waals surface area contributed by atoms with E-state index in [2.05, 4.69) is 28.1 Å². The number of carboxylic acids is 1. The Kier molecular flexibility index (Phi) is 17.5. The second-order valence-corrected chi connectivity index (χ2v) is 8.72. The molecule has 0 aromatic heterocycles. The monoisotopic (exact) mass is 467 g/mol. The van der Waals surface area contributed by atoms with Crippen LogP contribution in [0.2, 0.25) is 0 Å². The molecule has 0 aromatic rings. The molecule has 0 amide bonds. The number of hydrogen-bond donors (Lipinski definition) is 4. The molecule has 31 heavy (non-hydrogen) atoms. The number of hydrogen-bond acceptors (Lipinski definition) is 8. The third-order valence-corrected chi connectivity index (χ3v) is 5.19. The Labute approximate surface area is 184 Å². The van der Waals surface area contributed by atoms with Gasteiger partial charge in [0.25, 0.3) is 0 Å². The smallest absolute Gasteiger partial charge is 0.472 e. The van der Waals surface area contributed by atoms with Crippen LogP contribution in [0.5, 0.6) is 0 Å². The number of carbonyl (C=O) groups is 2. The van der Waals surface area contributed by atoms with Crippen molar-refractivity contribution in [2.75, 3.05) is 19.8 Å². The molecule has 0 rings (SSSR count). The molecular formula is C20H38NO9P. The van der Waals surface area contributed by atoms with Crippen LogP contribution in [-0.2, 0) is 27.9 Å². The maximum absolute atomic E-state index is 11.7. The standard InChI is InChI=1S/C20H38NO9P/c1-2-3-4-5-6-7-8-9-10-11-12-13-19(23)28-14-17(22)15-29-31(26,27)30-16-18(21)20(24)25/h5-6,17-18,22H,2-4,7-16,21H2,1H3,(H,24,25)(H,26,27)/b6-5-/t17-,18+/m1/s1. The maximum Gasteiger partial charge on any atom is 0.472 e. The topological polar surface area (TPSA) is 166 Å². The number of aliphatic carboxylic acids is 1. The molecule has 0 aliphatic rings. The summed E-state index contributed by atoms with van der Waals surface area (Å²) in [4.78, 5) is 31.6. The van der Waals surface area contributed by atoms with Gasteiger partial charge in [0.2, 0.25) is 0 Å². The molecule has 0 bridgehead atoms. The summed E-state index contributed by atoms with van der Waals surface area (Å²) in [6, 6.07) is -1.48. The summed E-state index contributed by atoms with van der Waals surface area (Å²) in [7, 11) is -4.58. The fraction of sp³-hybridized carbons (Fsp3) is 0.800. The van der Waals surface area contributed by atoms with Crippen LogP contribution in [0.4, 0.5) is 0 Å². The molecule has 0 aliphatic carbocycles. The van der Waals surface area contributed by atoms with E-state index in [0.29, 0.717) is 6.42 Å². The lowest BCUT2D eigenvalue weighted by molar-refractivity contribution is -0.147. The van der Waals surface area contributed by atoms with Crippen molar-refractivity contribution < 1.29 is 43.0 Å². The van der Waals surface area contributed by atoms with Crippen molar-refractivity contribution in [1.29, 1.82) is 0 Å². The van der Waals surface area contributed by atoms with Crippen LogP contribution < -0.4 is 5.73 Å². The Bertz CT molecular complexity index is 571. The van der Waals surface area contributed by atoms with Crippen LogP contribution in [0.15, 0.2) is 12.2 Å². The van der Waals surface area contributed by atoms with Crippen molar-refractivity contribution in [2.24, 2.45) is 5.73 Å². The summed E-state index contributed by atoms with van der Waals surface area (Å²) in [6.45, 7) is 0.426. The van der Waals surface area contributed by atoms with E-state index in [1.54, 1.807) is 0 Å². The molecule has 0 saturated carbocycles. The van der Waals surface area contributed by atoms with Gasteiger partial charge in [0.05, 0.1) is 13.2 Å². The molecular weight excluding hydrogens is 429 g/mol. The molecule has 0 fully saturated rings. The van der Waals surface area contributed by atoms with Gasteiger partial charge in [0, 0.05) is 6.42 Å². The van der Waals surface area contributed by atoms with Gasteiger partial charge < -0.3 is 25.6 Å². The minimum Gasteiger partial charge on any atom is -0.480 e. The van der Waals surface area contributed by atoms with Crippen molar-refractivity contribution in [3.05, 3.63) is 12.2 Å². The zero-order valence-corrected chi connectivity index (χ0v) is 19.2. The normalized spacial score (nSPS) is 15.5. The van der Waals surface area contributed by atoms with E-state index in [9.17, 15) is 24.2 Å². The van der Waals surface area contributed by atoms with Crippen LogP contribution in [0.3, 0.4) is 0 Å². The number of esters is 1. The SMILES string of the molecule is CCCC/C=C\CCCCCCCC(=O)OC[C@@H](O)COP(=O)(O)OC[C@H](N)C(=O)O. The van der Waals surface area contributed by atoms with Gasteiger partial charge in [-0.25, -0.2) is 4.57 Å². The van der Waals surface area contributed by atoms with Gasteiger partial charge in [-0.05, 0) is 25.7 Å². The summed E-state index contributed by atoms with van der Waals surface area (Å²) in [5.41, 5.74) is 5.14. The average molecular weight is 467 g/mol. The molecule has 0 heterocycles. The zero-order valence-electron chi connectivity index (χ0n) is 18.3. The molecule has 182 valence electrons. The molecule has 0 saturated heterocycles. The third-order valence-electron chi connectivity index (χ3n) is 4.24. The largest absolute Gasteiger partial charge is 0.480 e. The first-order valence-corrected chi connectivity index (χ1v) is 12.3. The van der Waals surface area contributed by atoms with E-state index in [1.165, 1.54) is 12.8 Å². The van der Waals surface area contributed by atoms with Gasteiger partial charge in [-0.2, -0.15) is 0 Å². The van der Waals surface area contributed by atoms with Crippen LogP contribution in [-0.4, -0.2) is 59.0 Å². The van der Waals surface area contributed by atoms with E-state index in [1.807, 2.05) is 0 Å². The minimum atomic E-state index is -4.58. The van der Waals surface area contributed by atoms with Crippen molar-refractivity contribution in [3.8, 4) is 0 Å². The van der Waals surface area contributed by atoms with Crippen LogP contribution >= 0.6 is 7.82 Å². The van der Waals surface area contributed by atoms with Gasteiger partial charge in [-0.3, -0.25) is 18.6 Å². The number of aliphatic hydroxyl groups is 1. The summed E-state index contributed by atoms with van der Waals surface area (Å²) in [5.74, 6) is -1.87. The number of phosphoric ester groups is 1. The molecule has 3 atom stereocenters. The Hall–Kier alpha value is -1.29. The van der Waals surface area contributed by atoms with E-state index in [-0.39, 0.29) is 6.42 Å². The predicted octanol–water partition coefficient (Wildman–Crippen LogP) is 2.91. The van der Waals surface area contributed by atoms with Gasteiger partial charge in [-0.1, -0.05) is 51.2 Å². The molecule has 1 unspecified atom stereocenters. The Morgan fingerprint density at radius 1 is 0.968 bits per heavy atom. The molecule has 0 radical (unpaired) electrons. The van der Waals surface area contributed by atoms with Crippen molar-refractivity contribution >= 4 is 19.8 Å². The Morgan fingerprint density at radius 3 is 2.19 bits per heavy atom. The van der Waals surface area contributed by atoms with Gasteiger partial charge in [0.15, 0.2) is 0 Å². The molecule has 0 aromatic carbocycles. The molecule has 0 aliphatic heterocycles. The second-order valence-electron chi connectivity index (χ2n) is 7.26. The van der Waals surface area contributed by atoms with Gasteiger partial charge >= 0.3 is 19.8 Å². The summed E-state index contributed by atoms with van der Waals surface area (Å²) in [6.07, 6.45) is 13.0. The zero-order chi connectivity index (χ0) is 23.5. The van der Waals surface area contributed by atoms with Crippen LogP contribution in [0.25, 0.3) is 0 Å². The average Bonchev–Trinajstić information content (AvgIpc) is 2.72. The summed E-state index contributed by atoms with van der Waals surface area (Å²) >= 11 is 0. The minimum absolute atomic E-state index is 0.235. The number of carbonyl (C=O) groups excluding carboxylic acids is 1. The number of aliphatic hydroxyl groups excluding tert-OH is 1. The fourth-order valence-corrected chi connectivity index (χ4v) is 3.18. The molecule has 11 heteroatoms. The first-order valence-electron chi connectivity index (χ1n) is 10.8. The maximum atomic E-state index is 11.7. The van der Waals surface area contributed by atoms with Crippen LogP contribution in [0.1, 0.15) is 71.1 Å². The van der Waals surface area contributed by atoms with Crippen molar-refractivity contribution in [1.82, 2.24) is 0 Å². The molecule has 10 nitrogen and oxygen atoms in total. The van der Waals surface area contributed by atoms with E-state index >= 15 is 0 Å². The molecule has 5 N–H and O–H groups in total. The van der Waals surface area contributed by atoms with Gasteiger partial charge in [-0.15, -0.1) is 0 Å². The highest BCUT2D eigenvalue weighted by atomic mass is 31.2. The third kappa shape index (κ3) is 19.1. The lowest BCUT2D eigenvalue weighted by atomic mass is 10.1. The second kappa shape index (κ2) is 18.3. The predicted molar refractivity (Wildman–Crippen MR) is 115 cm³/mol. The summed E-state index contributed by atoms with van der Waals surface area (Å²) < 4.78 is 25.4. The van der Waals surface area contributed by atoms with Crippen molar-refractivity contribution in [3.63, 3.8) is 0 Å². The van der Waals surface area contributed by atoms with E-state index in [0.717, 1.165) is 38.5 Å². The number of allylic oxidation sites excluding steroid dienone is 2. The highest BCUT2D eigenvalue weighted by Gasteiger charge is 2.26. The number of phosphoric acid groups is 1. The lowest BCUT2D eigenvalue weighted by Gasteiger charge is -2.16. The quantitative estimate of drug-likeness (QED) is 0.0905. The van der Waals surface area contributed by atoms with Crippen molar-refractivity contribution in [2.45, 2.75) is 83.3 Å². The number of rotatable bonds is 20. The number of unbranched alkanes of at least 4 members (excludes halogenated alkanes) is 7. The molecule has 0 spiro atoms. The Morgan fingerprint density at radius 2 is 1.55 bits per heavy atom. The number of carboxylic acid groups (broad SMARTS) is 1. The van der Waals surface area contributed by atoms with E-state index < -0.39 is 51.7 Å². The first-order chi connectivity index (χ1) is 14.7. The Balaban J connectivity index is 3.71. The van der Waals surface area contributed by atoms with E-state index in [4.69, 9.17) is 15.6 Å². The first kappa shape index (κ1) is 29.7. The van der Waals surface area contributed by atoms with Crippen LogP contribution in [0, 0.1) is 0 Å². The summed E-state index contributed by atoms with van der Waals surface area (Å²) in [5, 5.41) is 18.2. The highest BCUT2D eigenvalue weighted by molar-refractivity contribution is 7.47. The highest BCUT2D eigenvalue weighted by Crippen LogP contribution is 2.43. The van der Waals surface area contributed by atoms with Gasteiger partial charge in [0.1, 0.15) is 18.8 Å². The lowest BCUT2D eigenvalue weighted by Crippen LogP contribution is -2.34. The number of ether oxygens (including phenoxy) is 1. The fourth-order valence-electron chi connectivity index (χ4n) is 2.39.